The normalized spacial score (nSPS) is 15.8. The van der Waals surface area contributed by atoms with Crippen molar-refractivity contribution in [2.24, 2.45) is 0 Å². The average Bonchev–Trinajstić information content (AvgIpc) is 2.50. The first-order valence-electron chi connectivity index (χ1n) is 6.99. The minimum absolute atomic E-state index is 0.526. The van der Waals surface area contributed by atoms with Crippen molar-refractivity contribution in [1.82, 2.24) is 4.90 Å². The number of nitrogens with zero attached hydrogens (tertiary/aromatic N) is 1. The molecule has 1 fully saturated rings. The molecule has 0 N–H and O–H groups in total. The summed E-state index contributed by atoms with van der Waals surface area (Å²) < 4.78 is 16.6. The van der Waals surface area contributed by atoms with Crippen molar-refractivity contribution >= 4 is 6.29 Å². The summed E-state index contributed by atoms with van der Waals surface area (Å²) in [7, 11) is 0. The van der Waals surface area contributed by atoms with Crippen molar-refractivity contribution in [1.29, 1.82) is 0 Å². The highest BCUT2D eigenvalue weighted by atomic mass is 16.5. The van der Waals surface area contributed by atoms with Crippen molar-refractivity contribution in [2.75, 3.05) is 46.1 Å². The second kappa shape index (κ2) is 7.87. The molecule has 5 heteroatoms. The van der Waals surface area contributed by atoms with E-state index in [1.807, 2.05) is 13.0 Å². The summed E-state index contributed by atoms with van der Waals surface area (Å²) in [5.74, 6) is 1.16. The molecule has 1 heterocycles. The van der Waals surface area contributed by atoms with Gasteiger partial charge in [-0.15, -0.1) is 0 Å². The number of para-hydroxylation sites is 1. The quantitative estimate of drug-likeness (QED) is 0.710. The van der Waals surface area contributed by atoms with Crippen LogP contribution < -0.4 is 9.47 Å². The van der Waals surface area contributed by atoms with E-state index in [0.717, 1.165) is 39.1 Å². The van der Waals surface area contributed by atoms with E-state index >= 15 is 0 Å². The van der Waals surface area contributed by atoms with Crippen LogP contribution in [0.5, 0.6) is 11.5 Å². The first-order chi connectivity index (χ1) is 9.85. The van der Waals surface area contributed by atoms with Crippen LogP contribution in [0.2, 0.25) is 0 Å². The number of morpholine rings is 1. The van der Waals surface area contributed by atoms with Gasteiger partial charge in [-0.25, -0.2) is 0 Å². The Morgan fingerprint density at radius 1 is 1.30 bits per heavy atom. The van der Waals surface area contributed by atoms with Crippen LogP contribution in [-0.4, -0.2) is 57.2 Å². The number of benzene rings is 1. The fourth-order valence-electron chi connectivity index (χ4n) is 2.15. The summed E-state index contributed by atoms with van der Waals surface area (Å²) in [6.07, 6.45) is 0.798. The lowest BCUT2D eigenvalue weighted by Gasteiger charge is -2.26. The van der Waals surface area contributed by atoms with Crippen LogP contribution in [0.1, 0.15) is 17.3 Å². The molecule has 0 saturated carbocycles. The molecule has 0 bridgehead atoms. The zero-order valence-electron chi connectivity index (χ0n) is 11.8. The largest absolute Gasteiger partial charge is 0.490 e. The third-order valence-corrected chi connectivity index (χ3v) is 3.19. The molecule has 0 atom stereocenters. The van der Waals surface area contributed by atoms with Gasteiger partial charge in [-0.3, -0.25) is 9.69 Å². The topological polar surface area (TPSA) is 48.0 Å². The number of hydrogen-bond acceptors (Lipinski definition) is 5. The predicted molar refractivity (Wildman–Crippen MR) is 75.8 cm³/mol. The zero-order valence-corrected chi connectivity index (χ0v) is 11.8. The molecule has 0 aromatic heterocycles. The van der Waals surface area contributed by atoms with Crippen LogP contribution in [-0.2, 0) is 4.74 Å². The Labute approximate surface area is 119 Å². The first-order valence-corrected chi connectivity index (χ1v) is 6.99. The molecule has 1 aromatic rings. The van der Waals surface area contributed by atoms with E-state index in [1.165, 1.54) is 0 Å². The van der Waals surface area contributed by atoms with Gasteiger partial charge in [0.15, 0.2) is 17.8 Å². The van der Waals surface area contributed by atoms with E-state index < -0.39 is 0 Å². The fourth-order valence-corrected chi connectivity index (χ4v) is 2.15. The molecule has 0 amide bonds. The van der Waals surface area contributed by atoms with E-state index in [0.29, 0.717) is 30.3 Å². The van der Waals surface area contributed by atoms with E-state index in [2.05, 4.69) is 4.90 Å². The zero-order chi connectivity index (χ0) is 14.2. The van der Waals surface area contributed by atoms with Crippen LogP contribution in [0.3, 0.4) is 0 Å². The van der Waals surface area contributed by atoms with Crippen LogP contribution in [0.4, 0.5) is 0 Å². The highest BCUT2D eigenvalue weighted by Gasteiger charge is 2.13. The molecule has 2 rings (SSSR count). The van der Waals surface area contributed by atoms with E-state index in [4.69, 9.17) is 14.2 Å². The van der Waals surface area contributed by atoms with Crippen LogP contribution in [0.15, 0.2) is 18.2 Å². The van der Waals surface area contributed by atoms with Crippen molar-refractivity contribution in [2.45, 2.75) is 6.92 Å². The summed E-state index contributed by atoms with van der Waals surface area (Å²) in [6.45, 7) is 7.21. The summed E-state index contributed by atoms with van der Waals surface area (Å²) >= 11 is 0. The van der Waals surface area contributed by atoms with Gasteiger partial charge in [-0.2, -0.15) is 0 Å². The van der Waals surface area contributed by atoms with Gasteiger partial charge in [0.25, 0.3) is 0 Å². The fraction of sp³-hybridized carbons (Fsp3) is 0.533. The number of carbonyl (C=O) groups is 1. The Kier molecular flexibility index (Phi) is 5.83. The van der Waals surface area contributed by atoms with Crippen LogP contribution in [0.25, 0.3) is 0 Å². The minimum Gasteiger partial charge on any atom is -0.490 e. The molecule has 20 heavy (non-hydrogen) atoms. The maximum atomic E-state index is 11.1. The van der Waals surface area contributed by atoms with Gasteiger partial charge in [-0.1, -0.05) is 6.07 Å². The van der Waals surface area contributed by atoms with Crippen molar-refractivity contribution in [3.05, 3.63) is 23.8 Å². The molecule has 0 spiro atoms. The maximum absolute atomic E-state index is 11.1. The van der Waals surface area contributed by atoms with E-state index in [1.54, 1.807) is 12.1 Å². The summed E-state index contributed by atoms with van der Waals surface area (Å²) in [6, 6.07) is 5.35. The minimum atomic E-state index is 0.526. The van der Waals surface area contributed by atoms with Crippen molar-refractivity contribution < 1.29 is 19.0 Å². The highest BCUT2D eigenvalue weighted by molar-refractivity contribution is 5.81. The summed E-state index contributed by atoms with van der Waals surface area (Å²) in [4.78, 5) is 13.4. The third kappa shape index (κ3) is 3.95. The second-order valence-corrected chi connectivity index (χ2v) is 4.53. The lowest BCUT2D eigenvalue weighted by molar-refractivity contribution is 0.0320. The smallest absolute Gasteiger partial charge is 0.171 e. The maximum Gasteiger partial charge on any atom is 0.171 e. The van der Waals surface area contributed by atoms with Gasteiger partial charge >= 0.3 is 0 Å². The Hall–Kier alpha value is -1.59. The Morgan fingerprint density at radius 2 is 2.10 bits per heavy atom. The molecule has 0 radical (unpaired) electrons. The van der Waals surface area contributed by atoms with Gasteiger partial charge in [0, 0.05) is 19.6 Å². The summed E-state index contributed by atoms with van der Waals surface area (Å²) in [5, 5.41) is 0. The molecule has 0 unspecified atom stereocenters. The van der Waals surface area contributed by atoms with E-state index in [-0.39, 0.29) is 0 Å². The van der Waals surface area contributed by atoms with Crippen LogP contribution >= 0.6 is 0 Å². The molecule has 110 valence electrons. The molecule has 1 aliphatic rings. The van der Waals surface area contributed by atoms with Gasteiger partial charge in [0.1, 0.15) is 6.61 Å². The van der Waals surface area contributed by atoms with Crippen molar-refractivity contribution in [3.63, 3.8) is 0 Å². The monoisotopic (exact) mass is 279 g/mol. The first kappa shape index (κ1) is 14.8. The van der Waals surface area contributed by atoms with E-state index in [9.17, 15) is 4.79 Å². The number of carbonyl (C=O) groups excluding carboxylic acids is 1. The molecule has 1 aromatic carbocycles. The molecule has 1 aliphatic heterocycles. The average molecular weight is 279 g/mol. The lowest BCUT2D eigenvalue weighted by atomic mass is 10.2. The molecule has 5 nitrogen and oxygen atoms in total. The number of hydrogen-bond donors (Lipinski definition) is 0. The number of aldehydes is 1. The number of rotatable bonds is 7. The second-order valence-electron chi connectivity index (χ2n) is 4.53. The molecular weight excluding hydrogens is 258 g/mol. The SMILES string of the molecule is CCOc1cccc(C=O)c1OCCN1CCOCC1. The number of ether oxygens (including phenoxy) is 3. The van der Waals surface area contributed by atoms with Gasteiger partial charge < -0.3 is 14.2 Å². The Balaban J connectivity index is 1.94. The summed E-state index contributed by atoms with van der Waals surface area (Å²) in [5.41, 5.74) is 0.526. The lowest BCUT2D eigenvalue weighted by Crippen LogP contribution is -2.38. The molecular formula is C15H21NO4. The molecule has 1 saturated heterocycles. The van der Waals surface area contributed by atoms with Gasteiger partial charge in [0.2, 0.25) is 0 Å². The predicted octanol–water partition coefficient (Wildman–Crippen LogP) is 1.61. The molecule has 0 aliphatic carbocycles. The third-order valence-electron chi connectivity index (χ3n) is 3.19. The van der Waals surface area contributed by atoms with Gasteiger partial charge in [0.05, 0.1) is 25.4 Å². The standard InChI is InChI=1S/C15H21NO4/c1-2-19-14-5-3-4-13(12-17)15(14)20-11-8-16-6-9-18-10-7-16/h3-5,12H,2,6-11H2,1H3. The van der Waals surface area contributed by atoms with Crippen molar-refractivity contribution in [3.8, 4) is 11.5 Å². The van der Waals surface area contributed by atoms with Crippen LogP contribution in [0, 0.1) is 0 Å². The van der Waals surface area contributed by atoms with Gasteiger partial charge in [-0.05, 0) is 19.1 Å². The Bertz CT molecular complexity index is 430. The highest BCUT2D eigenvalue weighted by Crippen LogP contribution is 2.30. The Morgan fingerprint density at radius 3 is 2.80 bits per heavy atom.